The fourth-order valence-electron chi connectivity index (χ4n) is 5.26. The predicted molar refractivity (Wildman–Crippen MR) is 162 cm³/mol. The van der Waals surface area contributed by atoms with Gasteiger partial charge in [0.15, 0.2) is 5.78 Å². The molecule has 0 aliphatic heterocycles. The van der Waals surface area contributed by atoms with Crippen LogP contribution in [0.2, 0.25) is 0 Å². The van der Waals surface area contributed by atoms with E-state index in [-0.39, 0.29) is 23.3 Å². The highest BCUT2D eigenvalue weighted by Crippen LogP contribution is 2.32. The highest BCUT2D eigenvalue weighted by atomic mass is 16.5. The Morgan fingerprint density at radius 3 is 1.59 bits per heavy atom. The van der Waals surface area contributed by atoms with Crippen LogP contribution in [0.3, 0.4) is 0 Å². The third-order valence-electron chi connectivity index (χ3n) is 8.15. The molecule has 37 heavy (non-hydrogen) atoms. The van der Waals surface area contributed by atoms with Crippen LogP contribution in [0.25, 0.3) is 0 Å². The van der Waals surface area contributed by atoms with E-state index in [1.165, 1.54) is 96.3 Å². The first-order valence-corrected chi connectivity index (χ1v) is 16.3. The molecule has 0 fully saturated rings. The lowest BCUT2D eigenvalue weighted by atomic mass is 9.76. The molecule has 0 amide bonds. The molecule has 0 radical (unpaired) electrons. The molecular formula is C33H67NO3. The van der Waals surface area contributed by atoms with Crippen LogP contribution in [0, 0.1) is 5.41 Å². The van der Waals surface area contributed by atoms with Crippen LogP contribution in [0.15, 0.2) is 0 Å². The van der Waals surface area contributed by atoms with E-state index in [0.717, 1.165) is 32.2 Å². The zero-order valence-corrected chi connectivity index (χ0v) is 26.2. The smallest absolute Gasteiger partial charge is 0.164 e. The van der Waals surface area contributed by atoms with Crippen LogP contribution < -0.4 is 5.32 Å². The molecule has 1 unspecified atom stereocenters. The number of ether oxygens (including phenoxy) is 2. The lowest BCUT2D eigenvalue weighted by Crippen LogP contribution is -2.44. The van der Waals surface area contributed by atoms with Gasteiger partial charge in [0.05, 0.1) is 19.8 Å². The standard InChI is InChI=1S/C33H67NO3/c1-7-11-15-18-21-25-33(6,24-14-10-4)34-26-27-36-28-29-37-30-31(35)32(5,22-19-16-12-8-2)23-20-17-13-9-3/h34H,7-30H2,1-6H3. The van der Waals surface area contributed by atoms with Gasteiger partial charge >= 0.3 is 0 Å². The Balaban J connectivity index is 4.26. The zero-order chi connectivity index (χ0) is 27.7. The molecule has 0 aliphatic carbocycles. The van der Waals surface area contributed by atoms with Crippen LogP contribution in [0.4, 0.5) is 0 Å². The average molecular weight is 526 g/mol. The summed E-state index contributed by atoms with van der Waals surface area (Å²) >= 11 is 0. The van der Waals surface area contributed by atoms with E-state index < -0.39 is 0 Å². The van der Waals surface area contributed by atoms with E-state index in [9.17, 15) is 4.79 Å². The molecule has 0 aromatic heterocycles. The number of hydrogen-bond donors (Lipinski definition) is 1. The third-order valence-corrected chi connectivity index (χ3v) is 8.15. The van der Waals surface area contributed by atoms with Crippen molar-refractivity contribution in [3.05, 3.63) is 0 Å². The second kappa shape index (κ2) is 24.6. The van der Waals surface area contributed by atoms with E-state index in [2.05, 4.69) is 46.9 Å². The molecular weight excluding hydrogens is 458 g/mol. The summed E-state index contributed by atoms with van der Waals surface area (Å²) in [5, 5.41) is 3.79. The Hall–Kier alpha value is -0.450. The number of Topliss-reactive ketones (excluding diaryl/α,β-unsaturated/α-hetero) is 1. The van der Waals surface area contributed by atoms with Gasteiger partial charge in [0, 0.05) is 17.5 Å². The highest BCUT2D eigenvalue weighted by molar-refractivity contribution is 5.85. The normalized spacial score (nSPS) is 13.7. The second-order valence-electron chi connectivity index (χ2n) is 12.0. The van der Waals surface area contributed by atoms with Gasteiger partial charge < -0.3 is 14.8 Å². The van der Waals surface area contributed by atoms with Gasteiger partial charge in [-0.2, -0.15) is 0 Å². The number of carbonyl (C=O) groups is 1. The van der Waals surface area contributed by atoms with Gasteiger partial charge in [0.2, 0.25) is 0 Å². The van der Waals surface area contributed by atoms with Crippen molar-refractivity contribution < 1.29 is 14.3 Å². The van der Waals surface area contributed by atoms with E-state index in [4.69, 9.17) is 9.47 Å². The van der Waals surface area contributed by atoms with Gasteiger partial charge in [-0.25, -0.2) is 0 Å². The Morgan fingerprint density at radius 1 is 0.568 bits per heavy atom. The fraction of sp³-hybridized carbons (Fsp3) is 0.970. The van der Waals surface area contributed by atoms with Crippen molar-refractivity contribution in [1.29, 1.82) is 0 Å². The number of nitrogens with one attached hydrogen (secondary N) is 1. The molecule has 0 heterocycles. The van der Waals surface area contributed by atoms with Crippen LogP contribution in [0.1, 0.15) is 164 Å². The highest BCUT2D eigenvalue weighted by Gasteiger charge is 2.31. The van der Waals surface area contributed by atoms with E-state index in [1.807, 2.05) is 0 Å². The molecule has 0 aromatic carbocycles. The molecule has 222 valence electrons. The van der Waals surface area contributed by atoms with Gasteiger partial charge in [-0.1, -0.05) is 131 Å². The number of rotatable bonds is 29. The molecule has 0 bridgehead atoms. The van der Waals surface area contributed by atoms with E-state index in [1.54, 1.807) is 0 Å². The summed E-state index contributed by atoms with van der Waals surface area (Å²) in [6, 6.07) is 0. The molecule has 0 aliphatic rings. The maximum atomic E-state index is 13.1. The molecule has 0 saturated heterocycles. The average Bonchev–Trinajstić information content (AvgIpc) is 2.89. The first-order valence-electron chi connectivity index (χ1n) is 16.3. The summed E-state index contributed by atoms with van der Waals surface area (Å²) in [5.74, 6) is 0.285. The fourth-order valence-corrected chi connectivity index (χ4v) is 5.26. The lowest BCUT2D eigenvalue weighted by Gasteiger charge is -2.31. The molecule has 0 rings (SSSR count). The summed E-state index contributed by atoms with van der Waals surface area (Å²) in [5.41, 5.74) is -0.0149. The molecule has 1 atom stereocenters. The van der Waals surface area contributed by atoms with Crippen molar-refractivity contribution in [1.82, 2.24) is 5.32 Å². The summed E-state index contributed by atoms with van der Waals surface area (Å²) in [7, 11) is 0. The molecule has 0 aromatic rings. The summed E-state index contributed by atoms with van der Waals surface area (Å²) < 4.78 is 11.6. The van der Waals surface area contributed by atoms with Crippen molar-refractivity contribution in [3.63, 3.8) is 0 Å². The minimum atomic E-state index is -0.230. The summed E-state index contributed by atoms with van der Waals surface area (Å²) in [6.45, 7) is 16.4. The number of carbonyl (C=O) groups excluding carboxylic acids is 1. The number of ketones is 1. The van der Waals surface area contributed by atoms with Gasteiger partial charge in [0.25, 0.3) is 0 Å². The van der Waals surface area contributed by atoms with Crippen LogP contribution in [-0.2, 0) is 14.3 Å². The van der Waals surface area contributed by atoms with Gasteiger partial charge in [0.1, 0.15) is 6.61 Å². The second-order valence-corrected chi connectivity index (χ2v) is 12.0. The maximum absolute atomic E-state index is 13.1. The van der Waals surface area contributed by atoms with Crippen molar-refractivity contribution in [3.8, 4) is 0 Å². The van der Waals surface area contributed by atoms with E-state index in [0.29, 0.717) is 19.8 Å². The largest absolute Gasteiger partial charge is 0.378 e. The zero-order valence-electron chi connectivity index (χ0n) is 26.2. The molecule has 1 N–H and O–H groups in total. The van der Waals surface area contributed by atoms with Crippen LogP contribution in [-0.4, -0.2) is 44.3 Å². The predicted octanol–water partition coefficient (Wildman–Crippen LogP) is 9.43. The lowest BCUT2D eigenvalue weighted by molar-refractivity contribution is -0.134. The Bertz CT molecular complexity index is 498. The molecule has 4 heteroatoms. The Morgan fingerprint density at radius 2 is 1.03 bits per heavy atom. The first kappa shape index (κ1) is 36.5. The maximum Gasteiger partial charge on any atom is 0.164 e. The monoisotopic (exact) mass is 526 g/mol. The van der Waals surface area contributed by atoms with Crippen molar-refractivity contribution in [2.24, 2.45) is 5.41 Å². The van der Waals surface area contributed by atoms with Crippen LogP contribution in [0.5, 0.6) is 0 Å². The molecule has 0 saturated carbocycles. The Kier molecular flexibility index (Phi) is 24.3. The van der Waals surface area contributed by atoms with Gasteiger partial charge in [-0.15, -0.1) is 0 Å². The summed E-state index contributed by atoms with van der Waals surface area (Å²) in [6.07, 6.45) is 23.4. The third kappa shape index (κ3) is 20.2. The molecule has 4 nitrogen and oxygen atoms in total. The minimum Gasteiger partial charge on any atom is -0.378 e. The quantitative estimate of drug-likeness (QED) is 0.0988. The van der Waals surface area contributed by atoms with Crippen molar-refractivity contribution >= 4 is 5.78 Å². The van der Waals surface area contributed by atoms with Crippen molar-refractivity contribution in [2.45, 2.75) is 169 Å². The number of hydrogen-bond acceptors (Lipinski definition) is 4. The Labute approximate surface area is 232 Å². The summed E-state index contributed by atoms with van der Waals surface area (Å²) in [4.78, 5) is 13.1. The minimum absolute atomic E-state index is 0.215. The van der Waals surface area contributed by atoms with Crippen molar-refractivity contribution in [2.75, 3.05) is 33.0 Å². The van der Waals surface area contributed by atoms with Gasteiger partial charge in [-0.3, -0.25) is 4.79 Å². The van der Waals surface area contributed by atoms with Crippen LogP contribution >= 0.6 is 0 Å². The SMILES string of the molecule is CCCCCCCC(C)(CCCC)NCCOCCOCC(=O)C(C)(CCCCCC)CCCCCC. The first-order chi connectivity index (χ1) is 17.9. The van der Waals surface area contributed by atoms with Gasteiger partial charge in [-0.05, 0) is 32.6 Å². The number of unbranched alkanes of at least 4 members (excludes halogenated alkanes) is 11. The molecule has 0 spiro atoms. The topological polar surface area (TPSA) is 47.6 Å². The van der Waals surface area contributed by atoms with E-state index >= 15 is 0 Å².